The summed E-state index contributed by atoms with van der Waals surface area (Å²) >= 11 is 13.2. The second kappa shape index (κ2) is 11.7. The summed E-state index contributed by atoms with van der Waals surface area (Å²) in [6.45, 7) is 2.38. The van der Waals surface area contributed by atoms with Crippen molar-refractivity contribution in [2.75, 3.05) is 39.2 Å². The van der Waals surface area contributed by atoms with Crippen molar-refractivity contribution in [3.63, 3.8) is 0 Å². The lowest BCUT2D eigenvalue weighted by Gasteiger charge is -2.31. The molecule has 1 aromatic heterocycles. The molecule has 4 rings (SSSR count). The highest BCUT2D eigenvalue weighted by Gasteiger charge is 2.23. The van der Waals surface area contributed by atoms with E-state index in [1.807, 2.05) is 18.2 Å². The zero-order valence-electron chi connectivity index (χ0n) is 21.6. The van der Waals surface area contributed by atoms with Gasteiger partial charge in [-0.2, -0.15) is 0 Å². The van der Waals surface area contributed by atoms with Crippen LogP contribution in [-0.2, 0) is 29.2 Å². The summed E-state index contributed by atoms with van der Waals surface area (Å²) in [5.41, 5.74) is 2.63. The van der Waals surface area contributed by atoms with Crippen molar-refractivity contribution in [2.24, 2.45) is 0 Å². The molecular formula is C27H30Cl2N2O6S. The Labute approximate surface area is 232 Å². The molecule has 8 nitrogen and oxygen atoms in total. The van der Waals surface area contributed by atoms with Crippen LogP contribution in [-0.4, -0.2) is 63.5 Å². The third kappa shape index (κ3) is 6.69. The number of amides is 1. The Bertz CT molecular complexity index is 1530. The number of ether oxygens (including phenoxy) is 1. The average molecular weight is 582 g/mol. The van der Waals surface area contributed by atoms with Crippen molar-refractivity contribution in [2.45, 2.75) is 32.2 Å². The normalized spacial score (nSPS) is 13.9. The zero-order chi connectivity index (χ0) is 27.6. The molecule has 11 heteroatoms. The summed E-state index contributed by atoms with van der Waals surface area (Å²) < 4.78 is 34.1. The molecular weight excluding hydrogens is 551 g/mol. The molecule has 1 fully saturated rings. The molecule has 2 heterocycles. The maximum atomic E-state index is 13.3. The van der Waals surface area contributed by atoms with Crippen LogP contribution in [0.15, 0.2) is 39.5 Å². The van der Waals surface area contributed by atoms with Crippen LogP contribution in [0.25, 0.3) is 11.0 Å². The number of carbonyl (C=O) groups excluding carboxylic acids is 1. The Kier molecular flexibility index (Phi) is 8.72. The van der Waals surface area contributed by atoms with Gasteiger partial charge in [-0.1, -0.05) is 41.4 Å². The first-order valence-electron chi connectivity index (χ1n) is 12.3. The third-order valence-corrected chi connectivity index (χ3v) is 8.36. The number of hydrogen-bond donors (Lipinski definition) is 0. The maximum absolute atomic E-state index is 13.3. The zero-order valence-corrected chi connectivity index (χ0v) is 23.9. The van der Waals surface area contributed by atoms with Crippen LogP contribution in [0.5, 0.6) is 5.75 Å². The summed E-state index contributed by atoms with van der Waals surface area (Å²) in [5.74, 6) is 0.183. The van der Waals surface area contributed by atoms with Gasteiger partial charge in [0.15, 0.2) is 5.75 Å². The van der Waals surface area contributed by atoms with E-state index in [0.29, 0.717) is 35.4 Å². The van der Waals surface area contributed by atoms with Gasteiger partial charge in [0.2, 0.25) is 0 Å². The molecule has 2 aromatic carbocycles. The summed E-state index contributed by atoms with van der Waals surface area (Å²) in [7, 11) is 0.0460. The van der Waals surface area contributed by atoms with Crippen LogP contribution < -0.4 is 10.4 Å². The number of nitrogens with zero attached hydrogens (tertiary/aromatic N) is 2. The molecule has 0 radical (unpaired) electrons. The average Bonchev–Trinajstić information content (AvgIpc) is 2.80. The Balaban J connectivity index is 1.74. The van der Waals surface area contributed by atoms with Gasteiger partial charge in [-0.3, -0.25) is 4.90 Å². The third-order valence-electron chi connectivity index (χ3n) is 6.55. The lowest BCUT2D eigenvalue weighted by atomic mass is 9.95. The van der Waals surface area contributed by atoms with E-state index >= 15 is 0 Å². The quantitative estimate of drug-likeness (QED) is 0.331. The molecule has 1 amide bonds. The minimum atomic E-state index is -3.07. The predicted octanol–water partition coefficient (Wildman–Crippen LogP) is 4.93. The Morgan fingerprint density at radius 2 is 1.84 bits per heavy atom. The Morgan fingerprint density at radius 3 is 2.47 bits per heavy atom. The summed E-state index contributed by atoms with van der Waals surface area (Å²) in [6.07, 6.45) is 2.91. The lowest BCUT2D eigenvalue weighted by Crippen LogP contribution is -2.37. The predicted molar refractivity (Wildman–Crippen MR) is 149 cm³/mol. The van der Waals surface area contributed by atoms with Gasteiger partial charge in [0.25, 0.3) is 0 Å². The molecule has 1 aliphatic heterocycles. The first kappa shape index (κ1) is 28.4. The van der Waals surface area contributed by atoms with Gasteiger partial charge >= 0.3 is 11.7 Å². The fraction of sp³-hybridized carbons (Fsp3) is 0.407. The molecule has 0 bridgehead atoms. The summed E-state index contributed by atoms with van der Waals surface area (Å²) in [5, 5.41) is 1.41. The fourth-order valence-corrected chi connectivity index (χ4v) is 5.52. The van der Waals surface area contributed by atoms with Gasteiger partial charge in [-0.25, -0.2) is 18.0 Å². The largest absolute Gasteiger partial charge is 0.422 e. The summed E-state index contributed by atoms with van der Waals surface area (Å²) in [6, 6.07) is 8.72. The molecule has 1 aliphatic rings. The SMILES string of the molecule is CN(C)C(=O)Oc1cc2oc(=O)c(Cc3cccc(CCCS(C)(=O)=O)c3Cl)c(CN3CCC3)c2cc1Cl. The van der Waals surface area contributed by atoms with E-state index in [4.69, 9.17) is 32.4 Å². The van der Waals surface area contributed by atoms with E-state index in [-0.39, 0.29) is 28.5 Å². The second-order valence-corrected chi connectivity index (χ2v) is 12.9. The van der Waals surface area contributed by atoms with Crippen LogP contribution in [0.3, 0.4) is 0 Å². The molecule has 0 aliphatic carbocycles. The minimum absolute atomic E-state index is 0.0778. The van der Waals surface area contributed by atoms with Gasteiger partial charge in [-0.15, -0.1) is 0 Å². The number of sulfone groups is 1. The number of carbonyl (C=O) groups is 1. The number of halogens is 2. The first-order chi connectivity index (χ1) is 17.9. The van der Waals surface area contributed by atoms with Crippen LogP contribution in [0, 0.1) is 0 Å². The van der Waals surface area contributed by atoms with Gasteiger partial charge in [0.1, 0.15) is 15.4 Å². The monoisotopic (exact) mass is 580 g/mol. The van der Waals surface area contributed by atoms with E-state index in [1.165, 1.54) is 17.2 Å². The van der Waals surface area contributed by atoms with Crippen molar-refractivity contribution >= 4 is 50.1 Å². The topological polar surface area (TPSA) is 97.1 Å². The first-order valence-corrected chi connectivity index (χ1v) is 15.1. The number of benzene rings is 2. The molecule has 1 saturated heterocycles. The number of rotatable bonds is 9. The molecule has 0 saturated carbocycles. The molecule has 0 N–H and O–H groups in total. The van der Waals surface area contributed by atoms with Crippen LogP contribution in [0.1, 0.15) is 35.1 Å². The number of fused-ring (bicyclic) bond motifs is 1. The van der Waals surface area contributed by atoms with Crippen LogP contribution >= 0.6 is 23.2 Å². The molecule has 0 spiro atoms. The molecule has 0 atom stereocenters. The van der Waals surface area contributed by atoms with Crippen molar-refractivity contribution in [3.8, 4) is 5.75 Å². The lowest BCUT2D eigenvalue weighted by molar-refractivity contribution is 0.172. The van der Waals surface area contributed by atoms with E-state index in [0.717, 1.165) is 36.2 Å². The van der Waals surface area contributed by atoms with Gasteiger partial charge in [-0.05, 0) is 55.1 Å². The maximum Gasteiger partial charge on any atom is 0.414 e. The fourth-order valence-electron chi connectivity index (χ4n) is 4.37. The van der Waals surface area contributed by atoms with Crippen LogP contribution in [0.4, 0.5) is 4.79 Å². The molecule has 0 unspecified atom stereocenters. The highest BCUT2D eigenvalue weighted by atomic mass is 35.5. The Morgan fingerprint density at radius 1 is 1.13 bits per heavy atom. The molecule has 38 heavy (non-hydrogen) atoms. The van der Waals surface area contributed by atoms with Crippen molar-refractivity contribution in [1.82, 2.24) is 9.80 Å². The van der Waals surface area contributed by atoms with Crippen molar-refractivity contribution < 1.29 is 22.4 Å². The number of hydrogen-bond acceptors (Lipinski definition) is 7. The second-order valence-electron chi connectivity index (χ2n) is 9.82. The smallest absolute Gasteiger partial charge is 0.414 e. The van der Waals surface area contributed by atoms with Gasteiger partial charge < -0.3 is 14.1 Å². The van der Waals surface area contributed by atoms with Gasteiger partial charge in [0.05, 0.1) is 10.8 Å². The minimum Gasteiger partial charge on any atom is -0.422 e. The van der Waals surface area contributed by atoms with E-state index in [9.17, 15) is 18.0 Å². The van der Waals surface area contributed by atoms with Gasteiger partial charge in [0, 0.05) is 55.4 Å². The van der Waals surface area contributed by atoms with E-state index in [2.05, 4.69) is 4.90 Å². The number of aryl methyl sites for hydroxylation is 1. The summed E-state index contributed by atoms with van der Waals surface area (Å²) in [4.78, 5) is 28.9. The highest BCUT2D eigenvalue weighted by molar-refractivity contribution is 7.90. The number of likely N-dealkylation sites (tertiary alicyclic amines) is 1. The van der Waals surface area contributed by atoms with E-state index < -0.39 is 21.6 Å². The Hall–Kier alpha value is -2.59. The van der Waals surface area contributed by atoms with Crippen molar-refractivity contribution in [1.29, 1.82) is 0 Å². The highest BCUT2D eigenvalue weighted by Crippen LogP contribution is 2.34. The molecule has 204 valence electrons. The van der Waals surface area contributed by atoms with E-state index in [1.54, 1.807) is 20.2 Å². The standard InChI is InChI=1S/C27H30Cl2N2O6S/c1-30(2)27(33)37-24-15-23-19(14-22(24)28)21(16-31-10-6-11-31)20(26(32)36-23)13-18-8-4-7-17(25(18)29)9-5-12-38(3,34)35/h4,7-8,14-15H,5-6,9-13,16H2,1-3H3. The molecule has 3 aromatic rings. The van der Waals surface area contributed by atoms with Crippen molar-refractivity contribution in [3.05, 3.63) is 73.1 Å². The van der Waals surface area contributed by atoms with Crippen LogP contribution in [0.2, 0.25) is 10.0 Å².